The number of rotatable bonds is 7. The van der Waals surface area contributed by atoms with Crippen molar-refractivity contribution in [1.82, 2.24) is 29.2 Å². The topological polar surface area (TPSA) is 113 Å². The number of hydrogen-bond donors (Lipinski definition) is 1. The minimum absolute atomic E-state index is 0.0447. The van der Waals surface area contributed by atoms with Crippen LogP contribution >= 0.6 is 11.3 Å². The van der Waals surface area contributed by atoms with Crippen LogP contribution in [0.5, 0.6) is 0 Å². The highest BCUT2D eigenvalue weighted by Gasteiger charge is 2.41. The van der Waals surface area contributed by atoms with Crippen LogP contribution in [-0.2, 0) is 14.8 Å². The summed E-state index contributed by atoms with van der Waals surface area (Å²) in [7, 11) is -4.09. The molecule has 15 heteroatoms. The van der Waals surface area contributed by atoms with Crippen molar-refractivity contribution in [3.05, 3.63) is 23.5 Å². The fraction of sp³-hybridized carbons (Fsp3) is 0.524. The van der Waals surface area contributed by atoms with E-state index in [-0.39, 0.29) is 34.0 Å². The molecule has 0 unspecified atom stereocenters. The first-order valence-electron chi connectivity index (χ1n) is 11.4. The molecular weight excluding hydrogens is 519 g/mol. The van der Waals surface area contributed by atoms with Gasteiger partial charge in [0.25, 0.3) is 6.43 Å². The molecule has 0 bridgehead atoms. The number of aromatic nitrogens is 4. The monoisotopic (exact) mass is 543 g/mol. The Balaban J connectivity index is 1.55. The lowest BCUT2D eigenvalue weighted by Crippen LogP contribution is -2.50. The Bertz CT molecular complexity index is 1400. The summed E-state index contributed by atoms with van der Waals surface area (Å²) in [6.45, 7) is 5.49. The molecule has 10 nitrogen and oxygen atoms in total. The summed E-state index contributed by atoms with van der Waals surface area (Å²) in [6.07, 6.45) is -1.08. The van der Waals surface area contributed by atoms with Gasteiger partial charge in [0.15, 0.2) is 15.8 Å². The number of imidazole rings is 1. The standard InChI is InChI=1S/C21H24F3N7O3S2/c1-11(2)21(32)30-5-3-29(4-6-30)15-7-12(36(33,34)28-14-8-13(14)22)10-31-16(15)9-25-18(31)20-27-26-19(35-20)17(23)24/h7,9-11,13-14,17,28H,3-6,8H2,1-2H3/t13-,14-/m0/s1. The number of nitrogens with one attached hydrogen (secondary N) is 1. The van der Waals surface area contributed by atoms with Crippen LogP contribution in [0.15, 0.2) is 23.4 Å². The highest BCUT2D eigenvalue weighted by atomic mass is 32.2. The number of hydrogen-bond acceptors (Lipinski definition) is 8. The zero-order valence-electron chi connectivity index (χ0n) is 19.4. The third-order valence-electron chi connectivity index (χ3n) is 6.17. The van der Waals surface area contributed by atoms with E-state index in [1.807, 2.05) is 18.7 Å². The zero-order valence-corrected chi connectivity index (χ0v) is 21.1. The number of amides is 1. The number of carbonyl (C=O) groups excluding carboxylic acids is 1. The molecule has 4 heterocycles. The first-order valence-corrected chi connectivity index (χ1v) is 13.7. The van der Waals surface area contributed by atoms with Crippen molar-refractivity contribution in [3.8, 4) is 10.8 Å². The van der Waals surface area contributed by atoms with Gasteiger partial charge >= 0.3 is 0 Å². The van der Waals surface area contributed by atoms with E-state index in [0.717, 1.165) is 0 Å². The molecule has 2 atom stereocenters. The van der Waals surface area contributed by atoms with Gasteiger partial charge < -0.3 is 9.80 Å². The second-order valence-electron chi connectivity index (χ2n) is 9.09. The average Bonchev–Trinajstić information content (AvgIpc) is 3.22. The van der Waals surface area contributed by atoms with Crippen molar-refractivity contribution in [2.45, 2.75) is 43.8 Å². The van der Waals surface area contributed by atoms with Crippen LogP contribution in [0.3, 0.4) is 0 Å². The molecular formula is C21H24F3N7O3S2. The van der Waals surface area contributed by atoms with Crippen molar-refractivity contribution in [3.63, 3.8) is 0 Å². The van der Waals surface area contributed by atoms with Crippen LogP contribution in [0.2, 0.25) is 0 Å². The summed E-state index contributed by atoms with van der Waals surface area (Å²) < 4.78 is 69.6. The second-order valence-corrected chi connectivity index (χ2v) is 11.8. The summed E-state index contributed by atoms with van der Waals surface area (Å²) in [5, 5.41) is 6.95. The fourth-order valence-electron chi connectivity index (χ4n) is 4.11. The largest absolute Gasteiger partial charge is 0.366 e. The van der Waals surface area contributed by atoms with Gasteiger partial charge in [-0.1, -0.05) is 25.2 Å². The predicted molar refractivity (Wildman–Crippen MR) is 126 cm³/mol. The molecule has 1 saturated carbocycles. The predicted octanol–water partition coefficient (Wildman–Crippen LogP) is 2.48. The van der Waals surface area contributed by atoms with Gasteiger partial charge in [0.2, 0.25) is 15.9 Å². The molecule has 5 rings (SSSR count). The second kappa shape index (κ2) is 9.27. The number of halogens is 3. The summed E-state index contributed by atoms with van der Waals surface area (Å²) >= 11 is 0.667. The Morgan fingerprint density at radius 2 is 1.89 bits per heavy atom. The summed E-state index contributed by atoms with van der Waals surface area (Å²) in [5.41, 5.74) is 1.08. The first kappa shape index (κ1) is 24.9. The van der Waals surface area contributed by atoms with Crippen LogP contribution in [0, 0.1) is 5.92 Å². The van der Waals surface area contributed by atoms with Crippen LogP contribution in [0.4, 0.5) is 18.9 Å². The molecule has 0 spiro atoms. The quantitative estimate of drug-likeness (QED) is 0.487. The molecule has 1 aliphatic heterocycles. The van der Waals surface area contributed by atoms with Gasteiger partial charge in [0.1, 0.15) is 11.1 Å². The number of fused-ring (bicyclic) bond motifs is 1. The Labute approximate surface area is 209 Å². The number of nitrogens with zero attached hydrogens (tertiary/aromatic N) is 6. The Hall–Kier alpha value is -2.78. The number of alkyl halides is 3. The maximum atomic E-state index is 13.4. The molecule has 3 aromatic heterocycles. The van der Waals surface area contributed by atoms with Crippen LogP contribution in [-0.4, -0.2) is 77.2 Å². The lowest BCUT2D eigenvalue weighted by atomic mass is 10.1. The molecule has 2 aliphatic rings. The van der Waals surface area contributed by atoms with Crippen LogP contribution < -0.4 is 9.62 Å². The van der Waals surface area contributed by atoms with E-state index in [4.69, 9.17) is 0 Å². The van der Waals surface area contributed by atoms with Crippen molar-refractivity contribution in [2.75, 3.05) is 31.1 Å². The highest BCUT2D eigenvalue weighted by molar-refractivity contribution is 7.89. The minimum Gasteiger partial charge on any atom is -0.366 e. The van der Waals surface area contributed by atoms with Gasteiger partial charge in [0.05, 0.1) is 23.4 Å². The van der Waals surface area contributed by atoms with Crippen molar-refractivity contribution >= 4 is 38.5 Å². The number of anilines is 1. The maximum absolute atomic E-state index is 13.4. The van der Waals surface area contributed by atoms with Gasteiger partial charge in [0, 0.05) is 38.3 Å². The lowest BCUT2D eigenvalue weighted by Gasteiger charge is -2.37. The molecule has 1 amide bonds. The third-order valence-corrected chi connectivity index (χ3v) is 8.55. The summed E-state index contributed by atoms with van der Waals surface area (Å²) in [6, 6.07) is 0.711. The molecule has 194 valence electrons. The first-order chi connectivity index (χ1) is 17.0. The highest BCUT2D eigenvalue weighted by Crippen LogP contribution is 2.34. The fourth-order valence-corrected chi connectivity index (χ4v) is 6.09. The molecule has 3 aromatic rings. The van der Waals surface area contributed by atoms with Gasteiger partial charge in [-0.15, -0.1) is 10.2 Å². The number of sulfonamides is 1. The Kier molecular flexibility index (Phi) is 6.41. The minimum atomic E-state index is -4.09. The number of piperazine rings is 1. The van der Waals surface area contributed by atoms with Gasteiger partial charge in [-0.05, 0) is 12.5 Å². The molecule has 1 N–H and O–H groups in total. The van der Waals surface area contributed by atoms with Gasteiger partial charge in [-0.2, -0.15) is 0 Å². The van der Waals surface area contributed by atoms with Crippen molar-refractivity contribution in [2.24, 2.45) is 5.92 Å². The lowest BCUT2D eigenvalue weighted by molar-refractivity contribution is -0.134. The van der Waals surface area contributed by atoms with Crippen LogP contribution in [0.1, 0.15) is 31.7 Å². The zero-order chi connectivity index (χ0) is 25.8. The molecule has 1 aliphatic carbocycles. The van der Waals surface area contributed by atoms with E-state index in [1.165, 1.54) is 22.9 Å². The summed E-state index contributed by atoms with van der Waals surface area (Å²) in [5.74, 6) is 0.0753. The van der Waals surface area contributed by atoms with E-state index >= 15 is 0 Å². The maximum Gasteiger partial charge on any atom is 0.291 e. The van der Waals surface area contributed by atoms with E-state index < -0.39 is 33.7 Å². The third kappa shape index (κ3) is 4.66. The average molecular weight is 544 g/mol. The molecule has 0 radical (unpaired) electrons. The Morgan fingerprint density at radius 1 is 1.19 bits per heavy atom. The van der Waals surface area contributed by atoms with E-state index in [2.05, 4.69) is 19.9 Å². The van der Waals surface area contributed by atoms with E-state index in [1.54, 1.807) is 4.90 Å². The van der Waals surface area contributed by atoms with E-state index in [0.29, 0.717) is 48.7 Å². The molecule has 0 aromatic carbocycles. The SMILES string of the molecule is CC(C)C(=O)N1CCN(c2cc(S(=O)(=O)N[C@H]3C[C@@H]3F)cn3c(-c4nnc(C(F)F)s4)ncc23)CC1. The van der Waals surface area contributed by atoms with Gasteiger partial charge in [-0.25, -0.2) is 31.3 Å². The van der Waals surface area contributed by atoms with Crippen molar-refractivity contribution < 1.29 is 26.4 Å². The summed E-state index contributed by atoms with van der Waals surface area (Å²) in [4.78, 5) is 20.3. The smallest absolute Gasteiger partial charge is 0.291 e. The number of carbonyl (C=O) groups is 1. The normalized spacial score (nSPS) is 20.6. The van der Waals surface area contributed by atoms with Crippen molar-refractivity contribution in [1.29, 1.82) is 0 Å². The van der Waals surface area contributed by atoms with E-state index in [9.17, 15) is 26.4 Å². The van der Waals surface area contributed by atoms with Gasteiger partial charge in [-0.3, -0.25) is 9.20 Å². The van der Waals surface area contributed by atoms with Crippen LogP contribution in [0.25, 0.3) is 16.3 Å². The molecule has 1 saturated heterocycles. The molecule has 2 fully saturated rings. The Morgan fingerprint density at radius 3 is 2.47 bits per heavy atom. The number of pyridine rings is 1. The molecule has 36 heavy (non-hydrogen) atoms.